The van der Waals surface area contributed by atoms with Gasteiger partial charge < -0.3 is 15.9 Å². The first-order chi connectivity index (χ1) is 19.0. The number of H-pyrrole nitrogens is 1. The Labute approximate surface area is 217 Å². The molecule has 6 heterocycles. The maximum atomic E-state index is 13.8. The quantitative estimate of drug-likeness (QED) is 0.301. The number of nitrogen functional groups attached to an aromatic ring is 2. The van der Waals surface area contributed by atoms with E-state index in [2.05, 4.69) is 50.8 Å². The second kappa shape index (κ2) is 9.58. The number of aromatic nitrogens is 12. The van der Waals surface area contributed by atoms with Gasteiger partial charge in [-0.15, -0.1) is 10.2 Å². The number of halogens is 1. The Kier molecular flexibility index (Phi) is 5.79. The average molecular weight is 527 g/mol. The largest absolute Gasteiger partial charge is 0.463 e. The van der Waals surface area contributed by atoms with Gasteiger partial charge in [0, 0.05) is 18.8 Å². The van der Waals surface area contributed by atoms with Gasteiger partial charge in [-0.3, -0.25) is 5.10 Å². The topological polar surface area (TPSA) is 207 Å². The van der Waals surface area contributed by atoms with Gasteiger partial charge >= 0.3 is 0 Å². The van der Waals surface area contributed by atoms with Crippen LogP contribution in [-0.2, 0) is 13.6 Å². The molecule has 194 valence electrons. The van der Waals surface area contributed by atoms with E-state index in [1.54, 1.807) is 60.6 Å². The molecule has 0 aliphatic heterocycles. The summed E-state index contributed by atoms with van der Waals surface area (Å²) in [7, 11) is 1.74. The summed E-state index contributed by atoms with van der Waals surface area (Å²) < 4.78 is 22.1. The average Bonchev–Trinajstić information content (AvgIpc) is 3.74. The Bertz CT molecular complexity index is 1890. The highest BCUT2D eigenvalue weighted by atomic mass is 19.1. The summed E-state index contributed by atoms with van der Waals surface area (Å²) in [5.41, 5.74) is 15.7. The van der Waals surface area contributed by atoms with Crippen LogP contribution in [0.1, 0.15) is 5.56 Å². The molecule has 0 radical (unpaired) electrons. The van der Waals surface area contributed by atoms with Crippen molar-refractivity contribution in [3.63, 3.8) is 0 Å². The molecule has 7 rings (SSSR count). The third-order valence-corrected chi connectivity index (χ3v) is 5.64. The number of nitrogens with one attached hydrogen (secondary N) is 1. The van der Waals surface area contributed by atoms with Crippen molar-refractivity contribution in [3.8, 4) is 22.8 Å². The molecule has 6 aromatic heterocycles. The van der Waals surface area contributed by atoms with Crippen molar-refractivity contribution in [2.45, 2.75) is 6.54 Å². The molecule has 1 aromatic carbocycles. The predicted octanol–water partition coefficient (Wildman–Crippen LogP) is 1.98. The van der Waals surface area contributed by atoms with Crippen LogP contribution in [0.15, 0.2) is 59.3 Å². The Balaban J connectivity index is 0.000000151. The second-order valence-electron chi connectivity index (χ2n) is 8.20. The number of anilines is 2. The minimum Gasteiger partial charge on any atom is -0.463 e. The maximum Gasteiger partial charge on any atom is 0.222 e. The van der Waals surface area contributed by atoms with Gasteiger partial charge in [-0.05, 0) is 24.3 Å². The van der Waals surface area contributed by atoms with E-state index in [4.69, 9.17) is 15.9 Å². The van der Waals surface area contributed by atoms with E-state index in [9.17, 15) is 4.39 Å². The molecule has 7 aromatic rings. The van der Waals surface area contributed by atoms with Crippen LogP contribution >= 0.6 is 0 Å². The first-order valence-electron chi connectivity index (χ1n) is 11.4. The number of rotatable bonds is 4. The first kappa shape index (κ1) is 23.6. The third kappa shape index (κ3) is 4.45. The fraction of sp³-hybridized carbons (Fsp3) is 0.0870. The van der Waals surface area contributed by atoms with Crippen LogP contribution < -0.4 is 11.5 Å². The van der Waals surface area contributed by atoms with E-state index in [-0.39, 0.29) is 24.3 Å². The number of hydrogen-bond acceptors (Lipinski definition) is 12. The van der Waals surface area contributed by atoms with Crippen LogP contribution in [0.5, 0.6) is 0 Å². The monoisotopic (exact) mass is 526 g/mol. The highest BCUT2D eigenvalue weighted by Crippen LogP contribution is 2.25. The van der Waals surface area contributed by atoms with E-state index < -0.39 is 0 Å². The minimum absolute atomic E-state index is 0.0826. The first-order valence-corrected chi connectivity index (χ1v) is 11.4. The molecule has 0 amide bonds. The Morgan fingerprint density at radius 3 is 2.36 bits per heavy atom. The lowest BCUT2D eigenvalue weighted by molar-refractivity contribution is 0.580. The summed E-state index contributed by atoms with van der Waals surface area (Å²) in [6.45, 7) is 0.196. The summed E-state index contributed by atoms with van der Waals surface area (Å²) in [4.78, 5) is 16.5. The number of nitrogens with zero attached hydrogens (tertiary/aromatic N) is 11. The van der Waals surface area contributed by atoms with Gasteiger partial charge in [0.25, 0.3) is 0 Å². The summed E-state index contributed by atoms with van der Waals surface area (Å²) in [5, 5.41) is 22.7. The van der Waals surface area contributed by atoms with Crippen LogP contribution in [0.4, 0.5) is 16.3 Å². The second-order valence-corrected chi connectivity index (χ2v) is 8.20. The number of hydrogen-bond donors (Lipinski definition) is 3. The van der Waals surface area contributed by atoms with Crippen molar-refractivity contribution in [2.24, 2.45) is 7.05 Å². The highest BCUT2D eigenvalue weighted by molar-refractivity contribution is 5.87. The minimum atomic E-state index is -0.313. The van der Waals surface area contributed by atoms with E-state index in [1.165, 1.54) is 10.7 Å². The van der Waals surface area contributed by atoms with E-state index in [0.717, 1.165) is 0 Å². The van der Waals surface area contributed by atoms with Gasteiger partial charge in [-0.25, -0.2) is 23.7 Å². The van der Waals surface area contributed by atoms with Crippen LogP contribution in [-0.4, -0.2) is 60.1 Å². The zero-order chi connectivity index (χ0) is 26.9. The van der Waals surface area contributed by atoms with Crippen molar-refractivity contribution in [2.75, 3.05) is 11.5 Å². The lowest BCUT2D eigenvalue weighted by atomic mass is 10.2. The maximum absolute atomic E-state index is 13.8. The van der Waals surface area contributed by atoms with Crippen molar-refractivity contribution in [1.82, 2.24) is 60.1 Å². The number of fused-ring (bicyclic) bond motifs is 2. The highest BCUT2D eigenvalue weighted by Gasteiger charge is 2.17. The molecular weight excluding hydrogens is 507 g/mol. The lowest BCUT2D eigenvalue weighted by Crippen LogP contribution is -2.06. The predicted molar refractivity (Wildman–Crippen MR) is 137 cm³/mol. The van der Waals surface area contributed by atoms with E-state index >= 15 is 0 Å². The molecule has 15 nitrogen and oxygen atoms in total. The molecule has 0 atom stereocenters. The number of furan rings is 1. The zero-order valence-corrected chi connectivity index (χ0v) is 20.3. The van der Waals surface area contributed by atoms with Crippen molar-refractivity contribution < 1.29 is 8.81 Å². The SMILES string of the molecule is Cn1nnc2c(-c3ccco3)nc(N)nc21.Nc1nc(-c2ccn[nH]2)c2nnn(Cc3ccccc3F)c2n1. The molecule has 0 spiro atoms. The van der Waals surface area contributed by atoms with Gasteiger partial charge in [0.05, 0.1) is 18.5 Å². The Hall–Kier alpha value is -5.80. The molecule has 0 saturated heterocycles. The number of aromatic amines is 1. The van der Waals surface area contributed by atoms with Crippen molar-refractivity contribution in [3.05, 3.63) is 66.3 Å². The van der Waals surface area contributed by atoms with Crippen molar-refractivity contribution in [1.29, 1.82) is 0 Å². The van der Waals surface area contributed by atoms with Crippen molar-refractivity contribution >= 4 is 34.2 Å². The Morgan fingerprint density at radius 2 is 1.62 bits per heavy atom. The fourth-order valence-corrected chi connectivity index (χ4v) is 3.86. The molecule has 0 bridgehead atoms. The molecular formula is C23H19FN14O. The van der Waals surface area contributed by atoms with Crippen LogP contribution in [0.2, 0.25) is 0 Å². The van der Waals surface area contributed by atoms with Gasteiger partial charge in [-0.2, -0.15) is 15.1 Å². The fourth-order valence-electron chi connectivity index (χ4n) is 3.86. The normalized spacial score (nSPS) is 11.1. The summed E-state index contributed by atoms with van der Waals surface area (Å²) in [5.74, 6) is 0.537. The number of aryl methyl sites for hydroxylation is 1. The smallest absolute Gasteiger partial charge is 0.222 e. The molecule has 5 N–H and O–H groups in total. The van der Waals surface area contributed by atoms with Crippen LogP contribution in [0.25, 0.3) is 45.2 Å². The van der Waals surface area contributed by atoms with E-state index in [1.807, 2.05) is 0 Å². The number of nitrogens with two attached hydrogens (primary N) is 2. The molecule has 0 aliphatic carbocycles. The lowest BCUT2D eigenvalue weighted by Gasteiger charge is -2.04. The van der Waals surface area contributed by atoms with Crippen LogP contribution in [0, 0.1) is 5.82 Å². The zero-order valence-electron chi connectivity index (χ0n) is 20.3. The molecule has 0 aliphatic rings. The summed E-state index contributed by atoms with van der Waals surface area (Å²) >= 11 is 0. The number of benzene rings is 1. The van der Waals surface area contributed by atoms with Gasteiger partial charge in [0.2, 0.25) is 11.9 Å². The molecule has 0 saturated carbocycles. The molecule has 16 heteroatoms. The standard InChI is InChI=1S/C14H11FN8.C9H8N6O/c15-9-4-2-1-3-8(9)7-23-13-12(21-22-23)11(18-14(16)19-13)10-5-6-17-20-10;1-15-8-7(13-14-15)6(11-9(10)12-8)5-3-2-4-16-5/h1-6H,7H2,(H,17,20)(H2,16,18,19);2-4H,1H3,(H2,10,11,12). The molecule has 0 unspecified atom stereocenters. The summed E-state index contributed by atoms with van der Waals surface area (Å²) in [6.07, 6.45) is 3.17. The summed E-state index contributed by atoms with van der Waals surface area (Å²) in [6, 6.07) is 11.8. The van der Waals surface area contributed by atoms with Gasteiger partial charge in [0.1, 0.15) is 17.2 Å². The van der Waals surface area contributed by atoms with Gasteiger partial charge in [0.15, 0.2) is 28.1 Å². The third-order valence-electron chi connectivity index (χ3n) is 5.64. The van der Waals surface area contributed by atoms with Crippen LogP contribution in [0.3, 0.4) is 0 Å². The molecule has 0 fully saturated rings. The van der Waals surface area contributed by atoms with Gasteiger partial charge in [-0.1, -0.05) is 28.6 Å². The molecule has 39 heavy (non-hydrogen) atoms. The Morgan fingerprint density at radius 1 is 0.872 bits per heavy atom. The van der Waals surface area contributed by atoms with E-state index in [0.29, 0.717) is 50.7 Å².